The van der Waals surface area contributed by atoms with Crippen molar-refractivity contribution in [1.29, 1.82) is 0 Å². The molecule has 0 aliphatic carbocycles. The van der Waals surface area contributed by atoms with Crippen LogP contribution in [0.15, 0.2) is 12.1 Å². The fraction of sp³-hybridized carbons (Fsp3) is 0.300. The number of rotatable bonds is 1. The number of benzene rings is 1. The summed E-state index contributed by atoms with van der Waals surface area (Å²) in [5.41, 5.74) is 3.29. The van der Waals surface area contributed by atoms with Crippen LogP contribution in [0.25, 0.3) is 0 Å². The Balaban J connectivity index is 0.00000144. The van der Waals surface area contributed by atoms with Gasteiger partial charge in [-0.3, -0.25) is 0 Å². The van der Waals surface area contributed by atoms with Gasteiger partial charge in [0.05, 0.1) is 5.56 Å². The minimum absolute atomic E-state index is 0. The quantitative estimate of drug-likeness (QED) is 0.769. The summed E-state index contributed by atoms with van der Waals surface area (Å²) >= 11 is 0. The van der Waals surface area contributed by atoms with E-state index in [9.17, 15) is 4.79 Å². The van der Waals surface area contributed by atoms with Crippen molar-refractivity contribution in [3.8, 4) is 0 Å². The van der Waals surface area contributed by atoms with Crippen LogP contribution in [0.4, 0.5) is 0 Å². The Hall–Kier alpha value is -0.388. The van der Waals surface area contributed by atoms with Gasteiger partial charge in [-0.1, -0.05) is 6.07 Å². The molecule has 67 valence electrons. The molecule has 0 saturated carbocycles. The monoisotopic (exact) mass is 369 g/mol. The average Bonchev–Trinajstić information content (AvgIpc) is 1.96. The molecular formula is C10H12O2Tl. The summed E-state index contributed by atoms with van der Waals surface area (Å²) in [5, 5.41) is 8.81. The molecule has 1 aromatic rings. The normalized spacial score (nSPS) is 9.15. The van der Waals surface area contributed by atoms with Crippen molar-refractivity contribution in [2.75, 3.05) is 0 Å². The van der Waals surface area contributed by atoms with Crippen molar-refractivity contribution in [2.24, 2.45) is 0 Å². The average molecular weight is 369 g/mol. The van der Waals surface area contributed by atoms with Crippen LogP contribution in [-0.4, -0.2) is 38.4 Å². The number of aromatic carboxylic acids is 1. The van der Waals surface area contributed by atoms with Gasteiger partial charge in [0.1, 0.15) is 0 Å². The van der Waals surface area contributed by atoms with E-state index >= 15 is 0 Å². The smallest absolute Gasteiger partial charge is 0.335 e. The third-order valence-electron chi connectivity index (χ3n) is 2.04. The predicted molar refractivity (Wildman–Crippen MR) is 53.4 cm³/mol. The van der Waals surface area contributed by atoms with E-state index in [2.05, 4.69) is 0 Å². The summed E-state index contributed by atoms with van der Waals surface area (Å²) in [6, 6.07) is 3.69. The van der Waals surface area contributed by atoms with Crippen LogP contribution < -0.4 is 0 Å². The topological polar surface area (TPSA) is 37.3 Å². The molecular weight excluding hydrogens is 356 g/mol. The van der Waals surface area contributed by atoms with Gasteiger partial charge in [-0.15, -0.1) is 0 Å². The molecule has 0 spiro atoms. The van der Waals surface area contributed by atoms with E-state index in [4.69, 9.17) is 5.11 Å². The number of carbonyl (C=O) groups is 1. The molecule has 3 heteroatoms. The van der Waals surface area contributed by atoms with Crippen molar-refractivity contribution in [3.63, 3.8) is 0 Å². The molecule has 1 rings (SSSR count). The van der Waals surface area contributed by atoms with Crippen LogP contribution in [0.1, 0.15) is 27.0 Å². The van der Waals surface area contributed by atoms with Crippen molar-refractivity contribution >= 4 is 33.3 Å². The molecule has 13 heavy (non-hydrogen) atoms. The van der Waals surface area contributed by atoms with Crippen LogP contribution in [0.3, 0.4) is 0 Å². The SMILES string of the molecule is Cc1cc(C)c(C)c(C(=O)O)c1.[Tl]. The third kappa shape index (κ3) is 2.79. The minimum atomic E-state index is -0.848. The second kappa shape index (κ2) is 4.74. The molecule has 0 aromatic heterocycles. The zero-order chi connectivity index (χ0) is 9.30. The van der Waals surface area contributed by atoms with Gasteiger partial charge in [-0.25, -0.2) is 4.79 Å². The minimum Gasteiger partial charge on any atom is -0.478 e. The summed E-state index contributed by atoms with van der Waals surface area (Å²) in [6.07, 6.45) is 0. The predicted octanol–water partition coefficient (Wildman–Crippen LogP) is 1.93. The molecule has 0 aliphatic heterocycles. The van der Waals surface area contributed by atoms with Gasteiger partial charge in [0.25, 0.3) is 0 Å². The molecule has 0 unspecified atom stereocenters. The Bertz CT molecular complexity index is 332. The van der Waals surface area contributed by atoms with Crippen LogP contribution in [0.2, 0.25) is 0 Å². The van der Waals surface area contributed by atoms with Crippen LogP contribution in [-0.2, 0) is 0 Å². The van der Waals surface area contributed by atoms with E-state index in [1.165, 1.54) is 0 Å². The van der Waals surface area contributed by atoms with Crippen LogP contribution >= 0.6 is 0 Å². The number of aryl methyl sites for hydroxylation is 2. The number of hydrogen-bond acceptors (Lipinski definition) is 1. The van der Waals surface area contributed by atoms with E-state index < -0.39 is 5.97 Å². The standard InChI is InChI=1S/C10H12O2.Tl/c1-6-4-7(2)8(3)9(5-6)10(11)12;/h4-5H,1-3H3,(H,11,12);. The molecule has 2 nitrogen and oxygen atoms in total. The molecule has 0 amide bonds. The zero-order valence-corrected chi connectivity index (χ0v) is 12.6. The number of hydrogen-bond donors (Lipinski definition) is 1. The van der Waals surface area contributed by atoms with E-state index in [1.54, 1.807) is 6.07 Å². The molecule has 0 saturated heterocycles. The Morgan fingerprint density at radius 3 is 2.23 bits per heavy atom. The van der Waals surface area contributed by atoms with E-state index in [-0.39, 0.29) is 27.3 Å². The molecule has 1 radical (unpaired) electrons. The first kappa shape index (κ1) is 12.6. The van der Waals surface area contributed by atoms with Gasteiger partial charge < -0.3 is 5.11 Å². The molecule has 0 aliphatic rings. The van der Waals surface area contributed by atoms with Crippen molar-refractivity contribution in [2.45, 2.75) is 20.8 Å². The zero-order valence-electron chi connectivity index (χ0n) is 8.09. The third-order valence-corrected chi connectivity index (χ3v) is 2.04. The van der Waals surface area contributed by atoms with Crippen LogP contribution in [0, 0.1) is 20.8 Å². The van der Waals surface area contributed by atoms with Gasteiger partial charge in [0.15, 0.2) is 0 Å². The van der Waals surface area contributed by atoms with Crippen molar-refractivity contribution in [1.82, 2.24) is 0 Å². The molecule has 1 N–H and O–H groups in total. The molecule has 0 atom stereocenters. The van der Waals surface area contributed by atoms with E-state index in [0.29, 0.717) is 5.56 Å². The summed E-state index contributed by atoms with van der Waals surface area (Å²) in [6.45, 7) is 5.66. The Kier molecular flexibility index (Phi) is 4.60. The van der Waals surface area contributed by atoms with Gasteiger partial charge >= 0.3 is 5.97 Å². The Labute approximate surface area is 98.1 Å². The van der Waals surface area contributed by atoms with Crippen LogP contribution in [0.5, 0.6) is 0 Å². The number of carboxylic acids is 1. The maximum Gasteiger partial charge on any atom is 0.335 e. The summed E-state index contributed by atoms with van der Waals surface area (Å²) in [5.74, 6) is -0.848. The fourth-order valence-electron chi connectivity index (χ4n) is 1.26. The second-order valence-corrected chi connectivity index (χ2v) is 3.06. The number of carboxylic acid groups (broad SMARTS) is 1. The molecule has 1 aromatic carbocycles. The van der Waals surface area contributed by atoms with Gasteiger partial charge in [0.2, 0.25) is 0 Å². The van der Waals surface area contributed by atoms with Gasteiger partial charge in [0, 0.05) is 27.3 Å². The Morgan fingerprint density at radius 2 is 1.77 bits per heavy atom. The van der Waals surface area contributed by atoms with Gasteiger partial charge in [-0.2, -0.15) is 0 Å². The molecule has 0 heterocycles. The van der Waals surface area contributed by atoms with Crippen molar-refractivity contribution in [3.05, 3.63) is 34.4 Å². The first-order valence-corrected chi connectivity index (χ1v) is 3.83. The summed E-state index contributed by atoms with van der Waals surface area (Å²) in [4.78, 5) is 10.7. The summed E-state index contributed by atoms with van der Waals surface area (Å²) < 4.78 is 0. The van der Waals surface area contributed by atoms with E-state index in [1.807, 2.05) is 26.8 Å². The second-order valence-electron chi connectivity index (χ2n) is 3.06. The fourth-order valence-corrected chi connectivity index (χ4v) is 1.26. The Morgan fingerprint density at radius 1 is 1.23 bits per heavy atom. The van der Waals surface area contributed by atoms with E-state index in [0.717, 1.165) is 16.7 Å². The maximum atomic E-state index is 10.7. The molecule has 0 fully saturated rings. The summed E-state index contributed by atoms with van der Waals surface area (Å²) in [7, 11) is 0. The first-order valence-electron chi connectivity index (χ1n) is 3.83. The van der Waals surface area contributed by atoms with Gasteiger partial charge in [-0.05, 0) is 43.5 Å². The largest absolute Gasteiger partial charge is 0.478 e. The maximum absolute atomic E-state index is 10.7. The first-order chi connectivity index (χ1) is 5.52. The molecule has 0 bridgehead atoms. The van der Waals surface area contributed by atoms with Crippen molar-refractivity contribution < 1.29 is 9.90 Å².